The summed E-state index contributed by atoms with van der Waals surface area (Å²) >= 11 is 0. The molecule has 1 aromatic carbocycles. The summed E-state index contributed by atoms with van der Waals surface area (Å²) in [5.41, 5.74) is 3.36. The van der Waals surface area contributed by atoms with E-state index in [1.54, 1.807) is 17.1 Å². The molecule has 11 nitrogen and oxygen atoms in total. The minimum absolute atomic E-state index is 0.152. The molecule has 5 heterocycles. The minimum atomic E-state index is -0.230. The zero-order chi connectivity index (χ0) is 25.6. The number of hydrogen-bond donors (Lipinski definition) is 3. The highest BCUT2D eigenvalue weighted by Gasteiger charge is 2.30. The highest BCUT2D eigenvalue weighted by molar-refractivity contribution is 5.94. The molecule has 0 spiro atoms. The quantitative estimate of drug-likeness (QED) is 0.370. The number of ether oxygens (including phenoxy) is 3. The number of aromatic nitrogens is 5. The lowest BCUT2D eigenvalue weighted by Crippen LogP contribution is -2.40. The first-order valence-corrected chi connectivity index (χ1v) is 12.3. The van der Waals surface area contributed by atoms with Gasteiger partial charge in [0, 0.05) is 43.2 Å². The van der Waals surface area contributed by atoms with Crippen LogP contribution in [0.25, 0.3) is 22.2 Å². The van der Waals surface area contributed by atoms with Crippen molar-refractivity contribution in [3.05, 3.63) is 36.3 Å². The molecule has 4 aromatic rings. The second-order valence-corrected chi connectivity index (χ2v) is 9.92. The maximum absolute atomic E-state index is 9.67. The summed E-state index contributed by atoms with van der Waals surface area (Å²) in [6.45, 7) is 5.73. The van der Waals surface area contributed by atoms with Crippen LogP contribution in [0.1, 0.15) is 32.3 Å². The van der Waals surface area contributed by atoms with Crippen LogP contribution >= 0.6 is 0 Å². The summed E-state index contributed by atoms with van der Waals surface area (Å²) in [5.74, 6) is 2.23. The van der Waals surface area contributed by atoms with E-state index in [0.717, 1.165) is 24.0 Å². The third-order valence-electron chi connectivity index (χ3n) is 6.64. The lowest BCUT2D eigenvalue weighted by molar-refractivity contribution is -0.0553. The van der Waals surface area contributed by atoms with Gasteiger partial charge in [0.25, 0.3) is 0 Å². The Kier molecular flexibility index (Phi) is 5.61. The van der Waals surface area contributed by atoms with Crippen molar-refractivity contribution >= 4 is 28.5 Å². The molecule has 0 radical (unpaired) electrons. The average molecular weight is 501 g/mol. The normalized spacial score (nSPS) is 18.4. The first-order valence-electron chi connectivity index (χ1n) is 12.3. The number of rotatable bonds is 5. The van der Waals surface area contributed by atoms with Crippen LogP contribution in [0.2, 0.25) is 0 Å². The summed E-state index contributed by atoms with van der Waals surface area (Å²) < 4.78 is 19.7. The first-order chi connectivity index (χ1) is 17.9. The standard InChI is InChI=1S/C26H28N8O3/c1-26(2)10-17(6-7-37-26)30-24-20-15(11-27)12-28-23(20)32-25(33-24)31-19-5-4-18(16-13-29-34(3)14-16)21-22(19)36-9-8-35-21/h4-5,12-14,17H,6-10H2,1-3H3,(H3,28,30,31,32,33). The third-order valence-corrected chi connectivity index (χ3v) is 6.64. The van der Waals surface area contributed by atoms with Gasteiger partial charge in [0.15, 0.2) is 11.5 Å². The molecule has 0 aliphatic carbocycles. The predicted octanol–water partition coefficient (Wildman–Crippen LogP) is 4.11. The molecule has 1 saturated heterocycles. The van der Waals surface area contributed by atoms with Crippen LogP contribution in [0.3, 0.4) is 0 Å². The van der Waals surface area contributed by atoms with E-state index in [1.807, 2.05) is 25.4 Å². The van der Waals surface area contributed by atoms with Crippen LogP contribution in [-0.4, -0.2) is 56.2 Å². The summed E-state index contributed by atoms with van der Waals surface area (Å²) in [7, 11) is 1.88. The third kappa shape index (κ3) is 4.40. The van der Waals surface area contributed by atoms with Crippen LogP contribution < -0.4 is 20.1 Å². The highest BCUT2D eigenvalue weighted by Crippen LogP contribution is 2.45. The van der Waals surface area contributed by atoms with E-state index >= 15 is 0 Å². The van der Waals surface area contributed by atoms with Crippen molar-refractivity contribution in [3.8, 4) is 28.7 Å². The van der Waals surface area contributed by atoms with E-state index in [0.29, 0.717) is 65.4 Å². The van der Waals surface area contributed by atoms with Crippen LogP contribution in [0.4, 0.5) is 17.5 Å². The molecule has 3 N–H and O–H groups in total. The fourth-order valence-electron chi connectivity index (χ4n) is 4.97. The lowest BCUT2D eigenvalue weighted by Gasteiger charge is -2.36. The zero-order valence-corrected chi connectivity index (χ0v) is 21.0. The van der Waals surface area contributed by atoms with Gasteiger partial charge in [0.2, 0.25) is 5.95 Å². The predicted molar refractivity (Wildman–Crippen MR) is 138 cm³/mol. The molecule has 0 saturated carbocycles. The molecule has 190 valence electrons. The maximum Gasteiger partial charge on any atom is 0.231 e. The van der Waals surface area contributed by atoms with Gasteiger partial charge in [-0.05, 0) is 38.8 Å². The van der Waals surface area contributed by atoms with Gasteiger partial charge >= 0.3 is 0 Å². The van der Waals surface area contributed by atoms with Gasteiger partial charge in [-0.3, -0.25) is 4.68 Å². The Hall–Kier alpha value is -4.30. The number of nitrogens with one attached hydrogen (secondary N) is 3. The number of hydrogen-bond acceptors (Lipinski definition) is 9. The number of nitrogens with zero attached hydrogens (tertiary/aromatic N) is 5. The number of H-pyrrole nitrogens is 1. The van der Waals surface area contributed by atoms with Crippen molar-refractivity contribution in [2.45, 2.75) is 38.3 Å². The number of anilines is 3. The Morgan fingerprint density at radius 3 is 2.76 bits per heavy atom. The summed E-state index contributed by atoms with van der Waals surface area (Å²) in [6.07, 6.45) is 7.06. The molecule has 37 heavy (non-hydrogen) atoms. The highest BCUT2D eigenvalue weighted by atomic mass is 16.6. The van der Waals surface area contributed by atoms with E-state index in [1.165, 1.54) is 0 Å². The van der Waals surface area contributed by atoms with Crippen molar-refractivity contribution in [1.29, 1.82) is 5.26 Å². The van der Waals surface area contributed by atoms with Gasteiger partial charge in [-0.15, -0.1) is 0 Å². The Morgan fingerprint density at radius 2 is 2.00 bits per heavy atom. The maximum atomic E-state index is 9.67. The van der Waals surface area contributed by atoms with Gasteiger partial charge in [-0.25, -0.2) is 0 Å². The van der Waals surface area contributed by atoms with E-state index in [2.05, 4.69) is 45.6 Å². The summed E-state index contributed by atoms with van der Waals surface area (Å²) in [6, 6.07) is 6.28. The first kappa shape index (κ1) is 23.1. The van der Waals surface area contributed by atoms with E-state index in [4.69, 9.17) is 19.2 Å². The topological polar surface area (TPSA) is 135 Å². The van der Waals surface area contributed by atoms with Gasteiger partial charge in [0.1, 0.15) is 30.7 Å². The minimum Gasteiger partial charge on any atom is -0.485 e. The zero-order valence-electron chi connectivity index (χ0n) is 21.0. The summed E-state index contributed by atoms with van der Waals surface area (Å²) in [4.78, 5) is 12.6. The second kappa shape index (κ2) is 8.97. The van der Waals surface area contributed by atoms with E-state index in [9.17, 15) is 5.26 Å². The second-order valence-electron chi connectivity index (χ2n) is 9.92. The van der Waals surface area contributed by atoms with E-state index in [-0.39, 0.29) is 11.6 Å². The molecular formula is C26H28N8O3. The molecular weight excluding hydrogens is 472 g/mol. The largest absolute Gasteiger partial charge is 0.485 e. The number of benzene rings is 1. The van der Waals surface area contributed by atoms with Gasteiger partial charge < -0.3 is 29.8 Å². The average Bonchev–Trinajstić information content (AvgIpc) is 3.50. The Labute approximate surface area is 213 Å². The molecule has 1 fully saturated rings. The number of aromatic amines is 1. The van der Waals surface area contributed by atoms with Gasteiger partial charge in [-0.1, -0.05) is 0 Å². The van der Waals surface area contributed by atoms with E-state index < -0.39 is 0 Å². The smallest absolute Gasteiger partial charge is 0.231 e. The van der Waals surface area contributed by atoms with Crippen molar-refractivity contribution in [3.63, 3.8) is 0 Å². The molecule has 0 bridgehead atoms. The molecule has 6 rings (SSSR count). The van der Waals surface area contributed by atoms with Crippen LogP contribution in [0.15, 0.2) is 30.7 Å². The SMILES string of the molecule is Cn1cc(-c2ccc(Nc3nc(NC4CCOC(C)(C)C4)c4c(C#N)c[nH]c4n3)c3c2OCCO3)cn1. The number of nitriles is 1. The van der Waals surface area contributed by atoms with Crippen molar-refractivity contribution < 1.29 is 14.2 Å². The Morgan fingerprint density at radius 1 is 1.16 bits per heavy atom. The van der Waals surface area contributed by atoms with Crippen molar-refractivity contribution in [1.82, 2.24) is 24.7 Å². The number of fused-ring (bicyclic) bond motifs is 2. The summed E-state index contributed by atoms with van der Waals surface area (Å²) in [5, 5.41) is 21.5. The fourth-order valence-corrected chi connectivity index (χ4v) is 4.97. The van der Waals surface area contributed by atoms with Crippen LogP contribution in [-0.2, 0) is 11.8 Å². The molecule has 1 atom stereocenters. The Bertz CT molecular complexity index is 1520. The number of aryl methyl sites for hydroxylation is 1. The van der Waals surface area contributed by atoms with Crippen molar-refractivity contribution in [2.24, 2.45) is 7.05 Å². The van der Waals surface area contributed by atoms with Crippen LogP contribution in [0.5, 0.6) is 11.5 Å². The molecule has 3 aromatic heterocycles. The Balaban J connectivity index is 1.37. The van der Waals surface area contributed by atoms with Gasteiger partial charge in [-0.2, -0.15) is 20.3 Å². The molecule has 1 unspecified atom stereocenters. The monoisotopic (exact) mass is 500 g/mol. The fraction of sp³-hybridized carbons (Fsp3) is 0.385. The molecule has 2 aliphatic rings. The van der Waals surface area contributed by atoms with Crippen LogP contribution in [0, 0.1) is 11.3 Å². The lowest BCUT2D eigenvalue weighted by atomic mass is 9.94. The molecule has 0 amide bonds. The van der Waals surface area contributed by atoms with Gasteiger partial charge in [0.05, 0.1) is 28.4 Å². The van der Waals surface area contributed by atoms with Crippen molar-refractivity contribution in [2.75, 3.05) is 30.5 Å². The molecule has 2 aliphatic heterocycles. The molecule has 11 heteroatoms.